The van der Waals surface area contributed by atoms with Gasteiger partial charge in [0.2, 0.25) is 5.91 Å². The highest BCUT2D eigenvalue weighted by Gasteiger charge is 2.05. The first-order valence-corrected chi connectivity index (χ1v) is 10.3. The number of nitrogens with zero attached hydrogens (tertiary/aromatic N) is 1. The minimum absolute atomic E-state index is 0.0251. The summed E-state index contributed by atoms with van der Waals surface area (Å²) in [5, 5.41) is 13.6. The first kappa shape index (κ1) is 21.0. The third kappa shape index (κ3) is 7.43. The van der Waals surface area contributed by atoms with Crippen molar-refractivity contribution in [1.29, 1.82) is 0 Å². The number of nitro groups is 1. The summed E-state index contributed by atoms with van der Waals surface area (Å²) in [6, 6.07) is 15.1. The largest absolute Gasteiger partial charge is 0.355 e. The Balaban J connectivity index is 1.60. The molecule has 0 unspecified atom stereocenters. The third-order valence-electron chi connectivity index (χ3n) is 4.26. The number of carbonyl (C=O) groups is 1. The Morgan fingerprint density at radius 3 is 2.30 bits per heavy atom. The van der Waals surface area contributed by atoms with Gasteiger partial charge in [0.25, 0.3) is 5.69 Å². The van der Waals surface area contributed by atoms with E-state index in [-0.39, 0.29) is 11.6 Å². The van der Waals surface area contributed by atoms with Gasteiger partial charge in [-0.1, -0.05) is 50.2 Å². The SMILES string of the molecule is CC(C)c1ccc(CCCNC(=O)CSCc2ccc([N+](=O)[O-])cc2)cc1. The fourth-order valence-corrected chi connectivity index (χ4v) is 3.43. The summed E-state index contributed by atoms with van der Waals surface area (Å²) >= 11 is 1.51. The molecule has 2 aromatic carbocycles. The molecule has 0 heterocycles. The van der Waals surface area contributed by atoms with Gasteiger partial charge in [0.05, 0.1) is 10.7 Å². The van der Waals surface area contributed by atoms with E-state index in [1.165, 1.54) is 35.0 Å². The molecule has 144 valence electrons. The Bertz CT molecular complexity index is 743. The van der Waals surface area contributed by atoms with Crippen molar-refractivity contribution in [1.82, 2.24) is 5.32 Å². The maximum Gasteiger partial charge on any atom is 0.269 e. The number of amides is 1. The summed E-state index contributed by atoms with van der Waals surface area (Å²) in [5.74, 6) is 1.62. The molecular formula is C21H26N2O3S. The van der Waals surface area contributed by atoms with E-state index in [0.29, 0.717) is 24.0 Å². The quantitative estimate of drug-likeness (QED) is 0.365. The van der Waals surface area contributed by atoms with Crippen molar-refractivity contribution in [2.75, 3.05) is 12.3 Å². The van der Waals surface area contributed by atoms with Gasteiger partial charge in [-0.2, -0.15) is 0 Å². The summed E-state index contributed by atoms with van der Waals surface area (Å²) in [6.07, 6.45) is 1.87. The lowest BCUT2D eigenvalue weighted by molar-refractivity contribution is -0.384. The predicted molar refractivity (Wildman–Crippen MR) is 111 cm³/mol. The average molecular weight is 387 g/mol. The van der Waals surface area contributed by atoms with Crippen LogP contribution in [0.1, 0.15) is 42.9 Å². The summed E-state index contributed by atoms with van der Waals surface area (Å²) in [5.41, 5.74) is 3.70. The minimum Gasteiger partial charge on any atom is -0.355 e. The maximum absolute atomic E-state index is 11.9. The normalized spacial score (nSPS) is 10.8. The second kappa shape index (κ2) is 10.7. The predicted octanol–water partition coefficient (Wildman–Crippen LogP) is 4.70. The van der Waals surface area contributed by atoms with Crippen LogP contribution in [-0.2, 0) is 17.0 Å². The average Bonchev–Trinajstić information content (AvgIpc) is 2.66. The zero-order chi connectivity index (χ0) is 19.6. The van der Waals surface area contributed by atoms with E-state index in [2.05, 4.69) is 43.4 Å². The van der Waals surface area contributed by atoms with E-state index in [4.69, 9.17) is 0 Å². The standard InChI is InChI=1S/C21H26N2O3S/c1-16(2)19-9-5-17(6-10-19)4-3-13-22-21(24)15-27-14-18-7-11-20(12-8-18)23(25)26/h5-12,16H,3-4,13-15H2,1-2H3,(H,22,24). The molecule has 0 aliphatic rings. The van der Waals surface area contributed by atoms with Crippen molar-refractivity contribution in [3.63, 3.8) is 0 Å². The topological polar surface area (TPSA) is 72.2 Å². The number of hydrogen-bond acceptors (Lipinski definition) is 4. The van der Waals surface area contributed by atoms with Crippen LogP contribution in [0.25, 0.3) is 0 Å². The van der Waals surface area contributed by atoms with Crippen molar-refractivity contribution in [2.45, 2.75) is 38.4 Å². The third-order valence-corrected chi connectivity index (χ3v) is 5.26. The Kier molecular flexibility index (Phi) is 8.33. The maximum atomic E-state index is 11.9. The van der Waals surface area contributed by atoms with Gasteiger partial charge in [-0.25, -0.2) is 0 Å². The number of rotatable bonds is 10. The van der Waals surface area contributed by atoms with Crippen LogP contribution in [0.2, 0.25) is 0 Å². The Hall–Kier alpha value is -2.34. The Morgan fingerprint density at radius 1 is 1.07 bits per heavy atom. The molecule has 0 aliphatic heterocycles. The number of benzene rings is 2. The molecule has 0 aromatic heterocycles. The summed E-state index contributed by atoms with van der Waals surface area (Å²) < 4.78 is 0. The van der Waals surface area contributed by atoms with E-state index in [1.807, 2.05) is 0 Å². The highest BCUT2D eigenvalue weighted by Crippen LogP contribution is 2.17. The van der Waals surface area contributed by atoms with E-state index in [9.17, 15) is 14.9 Å². The lowest BCUT2D eigenvalue weighted by Gasteiger charge is -2.08. The van der Waals surface area contributed by atoms with Gasteiger partial charge < -0.3 is 5.32 Å². The lowest BCUT2D eigenvalue weighted by atomic mass is 10.0. The number of non-ortho nitro benzene ring substituents is 1. The number of aryl methyl sites for hydroxylation is 1. The second-order valence-electron chi connectivity index (χ2n) is 6.77. The van der Waals surface area contributed by atoms with Crippen LogP contribution >= 0.6 is 11.8 Å². The second-order valence-corrected chi connectivity index (χ2v) is 7.75. The van der Waals surface area contributed by atoms with Crippen LogP contribution in [0.5, 0.6) is 0 Å². The first-order valence-electron chi connectivity index (χ1n) is 9.12. The lowest BCUT2D eigenvalue weighted by Crippen LogP contribution is -2.26. The van der Waals surface area contributed by atoms with E-state index < -0.39 is 4.92 Å². The minimum atomic E-state index is -0.414. The summed E-state index contributed by atoms with van der Waals surface area (Å²) in [6.45, 7) is 5.04. The number of carbonyl (C=O) groups excluding carboxylic acids is 1. The molecule has 0 spiro atoms. The molecule has 2 rings (SSSR count). The summed E-state index contributed by atoms with van der Waals surface area (Å²) in [4.78, 5) is 22.1. The van der Waals surface area contributed by atoms with Gasteiger partial charge >= 0.3 is 0 Å². The molecule has 0 bridgehead atoms. The molecule has 0 aliphatic carbocycles. The van der Waals surface area contributed by atoms with Crippen molar-refractivity contribution in [3.8, 4) is 0 Å². The molecular weight excluding hydrogens is 360 g/mol. The van der Waals surface area contributed by atoms with Gasteiger partial charge in [-0.3, -0.25) is 14.9 Å². The Morgan fingerprint density at radius 2 is 1.70 bits per heavy atom. The van der Waals surface area contributed by atoms with Crippen molar-refractivity contribution >= 4 is 23.4 Å². The van der Waals surface area contributed by atoms with Crippen LogP contribution in [0, 0.1) is 10.1 Å². The fraction of sp³-hybridized carbons (Fsp3) is 0.381. The molecule has 27 heavy (non-hydrogen) atoms. The molecule has 1 amide bonds. The van der Waals surface area contributed by atoms with E-state index in [1.54, 1.807) is 12.1 Å². The van der Waals surface area contributed by atoms with Gasteiger partial charge in [-0.15, -0.1) is 11.8 Å². The van der Waals surface area contributed by atoms with Crippen LogP contribution in [0.4, 0.5) is 5.69 Å². The molecule has 5 nitrogen and oxygen atoms in total. The van der Waals surface area contributed by atoms with Crippen molar-refractivity contribution < 1.29 is 9.72 Å². The molecule has 0 radical (unpaired) electrons. The fourth-order valence-electron chi connectivity index (χ4n) is 2.62. The zero-order valence-corrected chi connectivity index (χ0v) is 16.6. The smallest absolute Gasteiger partial charge is 0.269 e. The highest BCUT2D eigenvalue weighted by atomic mass is 32.2. The molecule has 0 atom stereocenters. The van der Waals surface area contributed by atoms with E-state index in [0.717, 1.165) is 18.4 Å². The molecule has 0 fully saturated rings. The Labute approximate surface area is 164 Å². The number of nitro benzene ring substituents is 1. The zero-order valence-electron chi connectivity index (χ0n) is 15.8. The van der Waals surface area contributed by atoms with Crippen LogP contribution < -0.4 is 5.32 Å². The van der Waals surface area contributed by atoms with E-state index >= 15 is 0 Å². The van der Waals surface area contributed by atoms with Gasteiger partial charge in [0, 0.05) is 24.4 Å². The van der Waals surface area contributed by atoms with Crippen molar-refractivity contribution in [2.24, 2.45) is 0 Å². The molecule has 0 saturated heterocycles. The first-order chi connectivity index (χ1) is 13.0. The number of thioether (sulfide) groups is 1. The van der Waals surface area contributed by atoms with Gasteiger partial charge in [0.15, 0.2) is 0 Å². The summed E-state index contributed by atoms with van der Waals surface area (Å²) in [7, 11) is 0. The van der Waals surface area contributed by atoms with Crippen LogP contribution in [-0.4, -0.2) is 23.1 Å². The molecule has 0 saturated carbocycles. The number of hydrogen-bond donors (Lipinski definition) is 1. The molecule has 6 heteroatoms. The molecule has 1 N–H and O–H groups in total. The van der Waals surface area contributed by atoms with Gasteiger partial charge in [-0.05, 0) is 35.4 Å². The van der Waals surface area contributed by atoms with Gasteiger partial charge in [0.1, 0.15) is 0 Å². The van der Waals surface area contributed by atoms with Crippen molar-refractivity contribution in [3.05, 3.63) is 75.3 Å². The molecule has 2 aromatic rings. The van der Waals surface area contributed by atoms with Crippen LogP contribution in [0.15, 0.2) is 48.5 Å². The number of nitrogens with one attached hydrogen (secondary N) is 1. The monoisotopic (exact) mass is 386 g/mol. The highest BCUT2D eigenvalue weighted by molar-refractivity contribution is 7.99. The van der Waals surface area contributed by atoms with Crippen LogP contribution in [0.3, 0.4) is 0 Å².